The van der Waals surface area contributed by atoms with Crippen molar-refractivity contribution in [3.8, 4) is 0 Å². The van der Waals surface area contributed by atoms with Crippen molar-refractivity contribution in [1.82, 2.24) is 0 Å². The fourth-order valence-corrected chi connectivity index (χ4v) is 0. The Morgan fingerprint density at radius 2 is 2.00 bits per heavy atom. The minimum atomic E-state index is -1.33. The number of carbonyl (C=O) groups excluding carboxylic acids is 1. The maximum atomic E-state index is 10.4. The van der Waals surface area contributed by atoms with Gasteiger partial charge < -0.3 is 0 Å². The minimum absolute atomic E-state index is 0.861. The van der Waals surface area contributed by atoms with Crippen LogP contribution in [0.5, 0.6) is 0 Å². The van der Waals surface area contributed by atoms with Gasteiger partial charge >= 0.3 is 0 Å². The van der Waals surface area contributed by atoms with Crippen LogP contribution < -0.4 is 0 Å². The Hall–Kier alpha value is -0.400. The Balaban J connectivity index is 2.80. The molecule has 0 atom stereocenters. The van der Waals surface area contributed by atoms with E-state index in [2.05, 4.69) is 0 Å². The molecule has 0 aliphatic heterocycles. The highest BCUT2D eigenvalue weighted by Gasteiger charge is 1.69. The summed E-state index contributed by atoms with van der Waals surface area (Å²) in [6.07, 6.45) is 0. The summed E-state index contributed by atoms with van der Waals surface area (Å²) in [5.74, 6) is 0. The van der Waals surface area contributed by atoms with Gasteiger partial charge in [0, 0.05) is 6.92 Å². The van der Waals surface area contributed by atoms with Crippen LogP contribution in [0.2, 0.25) is 0 Å². The number of halogens is 1. The summed E-state index contributed by atoms with van der Waals surface area (Å²) >= 11 is 0. The Morgan fingerprint density at radius 1 is 2.00 bits per heavy atom. The van der Waals surface area contributed by atoms with Crippen LogP contribution in [0.15, 0.2) is 0 Å². The van der Waals surface area contributed by atoms with E-state index in [4.69, 9.17) is 4.79 Å². The first-order valence-corrected chi connectivity index (χ1v) is 0.893. The molecule has 0 radical (unpaired) electrons. The predicted molar refractivity (Wildman–Crippen MR) is 11.8 cm³/mol. The molecule has 0 aromatic heterocycles. The first-order valence-electron chi connectivity index (χ1n) is 0.893. The molecule has 0 amide bonds. The molecule has 0 aromatic rings. The van der Waals surface area contributed by atoms with Crippen LogP contribution in [-0.2, 0) is 4.79 Å². The van der Waals surface area contributed by atoms with Gasteiger partial charge in [0.1, 0.15) is 0 Å². The third-order valence-corrected chi connectivity index (χ3v) is 0. The SMILES string of the molecule is C[13C](=O)F. The number of hydrogen-bond donors (Lipinski definition) is 0. The second kappa shape index (κ2) is 0.985. The first-order chi connectivity index (χ1) is 1.73. The quantitative estimate of drug-likeness (QED) is 0.295. The molecule has 0 N–H and O–H groups in total. The lowest BCUT2D eigenvalue weighted by Gasteiger charge is -1.50. The minimum Gasteiger partial charge on any atom is -0.262 e. The second-order valence-electron chi connectivity index (χ2n) is 0.470. The lowest BCUT2D eigenvalue weighted by Crippen LogP contribution is -1.65. The molecule has 0 rings (SSSR count). The van der Waals surface area contributed by atoms with Crippen LogP contribution in [0.4, 0.5) is 4.39 Å². The van der Waals surface area contributed by atoms with Crippen molar-refractivity contribution in [2.24, 2.45) is 0 Å². The van der Waals surface area contributed by atoms with Gasteiger partial charge in [0.25, 0.3) is 6.04 Å². The van der Waals surface area contributed by atoms with Crippen LogP contribution in [0.25, 0.3) is 0 Å². The zero-order valence-corrected chi connectivity index (χ0v) is 2.29. The summed E-state index contributed by atoms with van der Waals surface area (Å²) in [7, 11) is 0. The molecule has 0 spiro atoms. The van der Waals surface area contributed by atoms with Gasteiger partial charge in [0.2, 0.25) is 0 Å². The fourth-order valence-electron chi connectivity index (χ4n) is 0. The Bertz CT molecular complexity index is 29.0. The van der Waals surface area contributed by atoms with E-state index in [-0.39, 0.29) is 0 Å². The lowest BCUT2D eigenvalue weighted by atomic mass is 11.3. The van der Waals surface area contributed by atoms with Crippen molar-refractivity contribution in [2.45, 2.75) is 6.92 Å². The summed E-state index contributed by atoms with van der Waals surface area (Å²) in [6.45, 7) is 0.861. The maximum Gasteiger partial charge on any atom is 0.298 e. The molecule has 0 saturated heterocycles. The van der Waals surface area contributed by atoms with E-state index in [1.54, 1.807) is 0 Å². The topological polar surface area (TPSA) is 17.1 Å². The zero-order valence-electron chi connectivity index (χ0n) is 2.29. The van der Waals surface area contributed by atoms with E-state index in [0.29, 0.717) is 0 Å². The van der Waals surface area contributed by atoms with E-state index in [0.717, 1.165) is 6.92 Å². The Labute approximate surface area is 23.4 Å². The van der Waals surface area contributed by atoms with Crippen molar-refractivity contribution in [2.75, 3.05) is 0 Å². The van der Waals surface area contributed by atoms with E-state index >= 15 is 0 Å². The molecule has 0 unspecified atom stereocenters. The summed E-state index contributed by atoms with van der Waals surface area (Å²) in [6, 6.07) is -1.33. The molecular formula is C2H3FO. The van der Waals surface area contributed by atoms with Gasteiger partial charge in [-0.15, -0.1) is 0 Å². The monoisotopic (exact) mass is 63.0 g/mol. The third-order valence-electron chi connectivity index (χ3n) is 0. The van der Waals surface area contributed by atoms with Crippen LogP contribution >= 0.6 is 0 Å². The highest BCUT2D eigenvalue weighted by Crippen LogP contribution is 1.58. The Kier molecular flexibility index (Phi) is 0.886. The molecule has 0 saturated carbocycles. The van der Waals surface area contributed by atoms with Crippen molar-refractivity contribution in [1.29, 1.82) is 0 Å². The standard InChI is InChI=1S/C2H3FO/c1-2(3)4/h1H3/i2+1. The van der Waals surface area contributed by atoms with E-state index in [1.807, 2.05) is 0 Å². The van der Waals surface area contributed by atoms with Gasteiger partial charge in [0.15, 0.2) is 0 Å². The van der Waals surface area contributed by atoms with Gasteiger partial charge in [-0.25, -0.2) is 0 Å². The van der Waals surface area contributed by atoms with Crippen LogP contribution in [-0.4, -0.2) is 6.04 Å². The van der Waals surface area contributed by atoms with Crippen molar-refractivity contribution in [3.05, 3.63) is 0 Å². The smallest absolute Gasteiger partial charge is 0.262 e. The van der Waals surface area contributed by atoms with Crippen LogP contribution in [0.3, 0.4) is 0 Å². The maximum absolute atomic E-state index is 10.4. The zero-order chi connectivity index (χ0) is 3.58. The molecule has 0 heterocycles. The van der Waals surface area contributed by atoms with E-state index < -0.39 is 6.04 Å². The molecular weight excluding hydrogens is 60.0 g/mol. The Morgan fingerprint density at radius 3 is 2.00 bits per heavy atom. The molecule has 4 heavy (non-hydrogen) atoms. The molecule has 0 aromatic carbocycles. The summed E-state index contributed by atoms with van der Waals surface area (Å²) in [5.41, 5.74) is 0. The number of carbonyl (C=O) groups is 1. The average molecular weight is 63.0 g/mol. The molecule has 2 heteroatoms. The molecule has 0 bridgehead atoms. The normalized spacial score (nSPS) is 6.50. The van der Waals surface area contributed by atoms with Gasteiger partial charge in [-0.2, -0.15) is 4.39 Å². The van der Waals surface area contributed by atoms with Gasteiger partial charge in [-0.1, -0.05) is 0 Å². The predicted octanol–water partition coefficient (Wildman–Crippen LogP) is 0.502. The van der Waals surface area contributed by atoms with Crippen molar-refractivity contribution in [3.63, 3.8) is 0 Å². The second-order valence-corrected chi connectivity index (χ2v) is 0.470. The van der Waals surface area contributed by atoms with Crippen molar-refractivity contribution < 1.29 is 9.18 Å². The fraction of sp³-hybridized carbons (Fsp3) is 0.500. The first kappa shape index (κ1) is 3.60. The van der Waals surface area contributed by atoms with E-state index in [1.165, 1.54) is 0 Å². The molecule has 0 fully saturated rings. The van der Waals surface area contributed by atoms with Gasteiger partial charge in [-0.05, 0) is 0 Å². The molecule has 0 aliphatic carbocycles. The van der Waals surface area contributed by atoms with Crippen molar-refractivity contribution >= 4 is 6.04 Å². The summed E-state index contributed by atoms with van der Waals surface area (Å²) < 4.78 is 10.4. The number of hydrogen-bond acceptors (Lipinski definition) is 1. The van der Waals surface area contributed by atoms with Crippen LogP contribution in [0.1, 0.15) is 6.92 Å². The lowest BCUT2D eigenvalue weighted by molar-refractivity contribution is -0.126. The third kappa shape index (κ3) is 3.60. The highest BCUT2D eigenvalue weighted by molar-refractivity contribution is 5.64. The van der Waals surface area contributed by atoms with E-state index in [9.17, 15) is 4.39 Å². The largest absolute Gasteiger partial charge is 0.298 e. The highest BCUT2D eigenvalue weighted by atomic mass is 19.2. The van der Waals surface area contributed by atoms with Gasteiger partial charge in [-0.3, -0.25) is 4.79 Å². The molecule has 24 valence electrons. The van der Waals surface area contributed by atoms with Crippen LogP contribution in [0, 0.1) is 0 Å². The van der Waals surface area contributed by atoms with Gasteiger partial charge in [0.05, 0.1) is 0 Å². The molecule has 1 nitrogen and oxygen atoms in total. The summed E-state index contributed by atoms with van der Waals surface area (Å²) in [4.78, 5) is 8.78. The summed E-state index contributed by atoms with van der Waals surface area (Å²) in [5, 5.41) is 0. The average Bonchev–Trinajstić information content (AvgIpc) is 0.811. The number of rotatable bonds is 0. The molecule has 0 aliphatic rings.